The van der Waals surface area contributed by atoms with Gasteiger partial charge in [0.15, 0.2) is 0 Å². The second-order valence-corrected chi connectivity index (χ2v) is 6.79. The summed E-state index contributed by atoms with van der Waals surface area (Å²) in [6, 6.07) is 16.2. The molecule has 9 heteroatoms. The van der Waals surface area contributed by atoms with E-state index >= 15 is 0 Å². The number of non-ortho nitro benzene ring substituents is 1. The quantitative estimate of drug-likeness (QED) is 0.398. The molecule has 1 aliphatic heterocycles. The Balaban J connectivity index is 1.70. The van der Waals surface area contributed by atoms with Crippen LogP contribution in [0.5, 0.6) is 5.75 Å². The van der Waals surface area contributed by atoms with Gasteiger partial charge in [0.1, 0.15) is 5.75 Å². The second-order valence-electron chi connectivity index (χ2n) is 6.79. The predicted octanol–water partition coefficient (Wildman–Crippen LogP) is 3.11. The van der Waals surface area contributed by atoms with Crippen LogP contribution in [0.2, 0.25) is 0 Å². The minimum absolute atomic E-state index is 0.0789. The van der Waals surface area contributed by atoms with Crippen molar-refractivity contribution in [3.8, 4) is 5.75 Å². The molecule has 30 heavy (non-hydrogen) atoms. The Morgan fingerprint density at radius 3 is 2.43 bits per heavy atom. The minimum atomic E-state index is -0.504. The molecule has 0 spiro atoms. The predicted molar refractivity (Wildman–Crippen MR) is 111 cm³/mol. The van der Waals surface area contributed by atoms with Crippen molar-refractivity contribution in [3.63, 3.8) is 0 Å². The van der Waals surface area contributed by atoms with Gasteiger partial charge >= 0.3 is 0 Å². The lowest BCUT2D eigenvalue weighted by Crippen LogP contribution is -2.27. The summed E-state index contributed by atoms with van der Waals surface area (Å²) in [5.74, 6) is 6.33. The summed E-state index contributed by atoms with van der Waals surface area (Å²) >= 11 is 0. The molecule has 1 atom stereocenters. The summed E-state index contributed by atoms with van der Waals surface area (Å²) in [7, 11) is 1.59. The molecule has 1 unspecified atom stereocenters. The maximum atomic E-state index is 13.2. The molecular formula is C21H19N5O4. The first-order valence-corrected chi connectivity index (χ1v) is 9.20. The largest absolute Gasteiger partial charge is 0.497 e. The molecule has 0 saturated carbocycles. The number of rotatable bonds is 5. The zero-order valence-corrected chi connectivity index (χ0v) is 16.1. The van der Waals surface area contributed by atoms with E-state index in [4.69, 9.17) is 10.6 Å². The average molecular weight is 405 g/mol. The lowest BCUT2D eigenvalue weighted by atomic mass is 10.00. The third kappa shape index (κ3) is 3.48. The van der Waals surface area contributed by atoms with Crippen LogP contribution in [0.4, 0.5) is 5.69 Å². The van der Waals surface area contributed by atoms with Gasteiger partial charge < -0.3 is 10.6 Å². The molecule has 152 valence electrons. The highest BCUT2D eigenvalue weighted by molar-refractivity contribution is 6.04. The number of methoxy groups -OCH3 is 1. The van der Waals surface area contributed by atoms with Crippen LogP contribution in [0, 0.1) is 10.1 Å². The summed E-state index contributed by atoms with van der Waals surface area (Å²) in [6.07, 6.45) is 2.19. The molecule has 9 nitrogen and oxygen atoms in total. The van der Waals surface area contributed by atoms with Crippen molar-refractivity contribution >= 4 is 17.3 Å². The van der Waals surface area contributed by atoms with Crippen LogP contribution in [0.1, 0.15) is 34.1 Å². The van der Waals surface area contributed by atoms with E-state index in [1.54, 1.807) is 19.4 Å². The highest BCUT2D eigenvalue weighted by Gasteiger charge is 2.34. The highest BCUT2D eigenvalue weighted by atomic mass is 16.6. The third-order valence-corrected chi connectivity index (χ3v) is 5.02. The Labute approximate surface area is 172 Å². The average Bonchev–Trinajstić information content (AvgIpc) is 3.39. The number of carbonyl (C=O) groups is 1. The molecule has 2 N–H and O–H groups in total. The molecule has 1 amide bonds. The van der Waals surface area contributed by atoms with Crippen molar-refractivity contribution in [2.45, 2.75) is 12.5 Å². The molecule has 1 aromatic heterocycles. The monoisotopic (exact) mass is 405 g/mol. The smallest absolute Gasteiger partial charge is 0.274 e. The number of nitrogen functional groups attached to an aromatic ring is 1. The van der Waals surface area contributed by atoms with Crippen molar-refractivity contribution in [2.24, 2.45) is 5.10 Å². The Bertz CT molecular complexity index is 1120. The fourth-order valence-electron chi connectivity index (χ4n) is 3.43. The standard InChI is InChI=1S/C21H19N5O4/c1-30-17-10-6-14(7-11-17)20-13-18(19-3-2-12-24(19)22)23-25(20)21(27)15-4-8-16(9-5-15)26(28)29/h2-12,20H,13,22H2,1H3. The zero-order chi connectivity index (χ0) is 21.3. The fraction of sp³-hybridized carbons (Fsp3) is 0.143. The lowest BCUT2D eigenvalue weighted by Gasteiger charge is -2.22. The topological polar surface area (TPSA) is 116 Å². The molecule has 4 rings (SSSR count). The number of carbonyl (C=O) groups excluding carboxylic acids is 1. The van der Waals surface area contributed by atoms with E-state index in [0.29, 0.717) is 29.1 Å². The van der Waals surface area contributed by atoms with Gasteiger partial charge in [0.05, 0.1) is 29.5 Å². The number of hydrogen-bond acceptors (Lipinski definition) is 6. The van der Waals surface area contributed by atoms with E-state index < -0.39 is 4.92 Å². The Morgan fingerprint density at radius 1 is 1.17 bits per heavy atom. The van der Waals surface area contributed by atoms with Crippen LogP contribution in [0.3, 0.4) is 0 Å². The van der Waals surface area contributed by atoms with Gasteiger partial charge in [0.25, 0.3) is 11.6 Å². The number of nitrogens with zero attached hydrogens (tertiary/aromatic N) is 4. The van der Waals surface area contributed by atoms with Gasteiger partial charge in [-0.3, -0.25) is 19.6 Å². The van der Waals surface area contributed by atoms with Crippen LogP contribution >= 0.6 is 0 Å². The number of hydrazone groups is 1. The lowest BCUT2D eigenvalue weighted by molar-refractivity contribution is -0.384. The van der Waals surface area contributed by atoms with Gasteiger partial charge in [-0.1, -0.05) is 12.1 Å². The molecule has 0 fully saturated rings. The summed E-state index contributed by atoms with van der Waals surface area (Å²) in [4.78, 5) is 23.6. The van der Waals surface area contributed by atoms with Crippen LogP contribution < -0.4 is 10.6 Å². The molecule has 0 saturated heterocycles. The van der Waals surface area contributed by atoms with Gasteiger partial charge in [0, 0.05) is 30.3 Å². The molecular weight excluding hydrogens is 386 g/mol. The van der Waals surface area contributed by atoms with Crippen molar-refractivity contribution in [1.82, 2.24) is 9.69 Å². The molecule has 0 radical (unpaired) electrons. The Kier molecular flexibility index (Phi) is 4.93. The van der Waals surface area contributed by atoms with Crippen molar-refractivity contribution in [3.05, 3.63) is 93.8 Å². The van der Waals surface area contributed by atoms with Crippen molar-refractivity contribution < 1.29 is 14.5 Å². The molecule has 0 bridgehead atoms. The molecule has 0 aliphatic carbocycles. The Hall–Kier alpha value is -4.14. The fourth-order valence-corrected chi connectivity index (χ4v) is 3.43. The van der Waals surface area contributed by atoms with Gasteiger partial charge in [-0.25, -0.2) is 5.01 Å². The van der Waals surface area contributed by atoms with Crippen molar-refractivity contribution in [2.75, 3.05) is 13.0 Å². The zero-order valence-electron chi connectivity index (χ0n) is 16.1. The Morgan fingerprint density at radius 2 is 1.87 bits per heavy atom. The first-order valence-electron chi connectivity index (χ1n) is 9.20. The third-order valence-electron chi connectivity index (χ3n) is 5.02. The van der Waals surface area contributed by atoms with Crippen LogP contribution in [-0.2, 0) is 0 Å². The summed E-state index contributed by atoms with van der Waals surface area (Å²) in [6.45, 7) is 0. The number of benzene rings is 2. The first kappa shape index (κ1) is 19.2. The number of nitro groups is 1. The molecule has 2 heterocycles. The summed E-state index contributed by atoms with van der Waals surface area (Å²) in [5.41, 5.74) is 2.52. The van der Waals surface area contributed by atoms with Gasteiger partial charge in [-0.2, -0.15) is 5.10 Å². The number of nitrogens with two attached hydrogens (primary N) is 1. The molecule has 3 aromatic rings. The van der Waals surface area contributed by atoms with Crippen molar-refractivity contribution in [1.29, 1.82) is 0 Å². The van der Waals surface area contributed by atoms with E-state index in [1.807, 2.05) is 30.3 Å². The number of aromatic nitrogens is 1. The molecule has 1 aliphatic rings. The van der Waals surface area contributed by atoms with E-state index in [-0.39, 0.29) is 17.6 Å². The first-order chi connectivity index (χ1) is 14.5. The molecule has 2 aromatic carbocycles. The van der Waals surface area contributed by atoms with E-state index in [1.165, 1.54) is 34.0 Å². The van der Waals surface area contributed by atoms with Gasteiger partial charge in [-0.15, -0.1) is 0 Å². The highest BCUT2D eigenvalue weighted by Crippen LogP contribution is 2.34. The van der Waals surface area contributed by atoms with Gasteiger partial charge in [-0.05, 0) is 42.0 Å². The summed E-state index contributed by atoms with van der Waals surface area (Å²) < 4.78 is 6.68. The summed E-state index contributed by atoms with van der Waals surface area (Å²) in [5, 5.41) is 16.9. The SMILES string of the molecule is COc1ccc(C2CC(c3cccn3N)=NN2C(=O)c2ccc([N+](=O)[O-])cc2)cc1. The van der Waals surface area contributed by atoms with Crippen LogP contribution in [-0.4, -0.2) is 33.3 Å². The normalized spacial score (nSPS) is 15.7. The van der Waals surface area contributed by atoms with E-state index in [9.17, 15) is 14.9 Å². The maximum Gasteiger partial charge on any atom is 0.274 e. The number of amides is 1. The van der Waals surface area contributed by atoms with E-state index in [0.717, 1.165) is 5.56 Å². The van der Waals surface area contributed by atoms with Crippen LogP contribution in [0.25, 0.3) is 0 Å². The number of nitro benzene ring substituents is 1. The van der Waals surface area contributed by atoms with Gasteiger partial charge in [0.2, 0.25) is 0 Å². The second kappa shape index (κ2) is 7.70. The number of ether oxygens (including phenoxy) is 1. The maximum absolute atomic E-state index is 13.2. The van der Waals surface area contributed by atoms with E-state index in [2.05, 4.69) is 5.10 Å². The van der Waals surface area contributed by atoms with Crippen LogP contribution in [0.15, 0.2) is 72.0 Å². The number of hydrogen-bond donors (Lipinski definition) is 1. The minimum Gasteiger partial charge on any atom is -0.497 e.